The van der Waals surface area contributed by atoms with Crippen LogP contribution < -0.4 is 0 Å². The molecule has 0 aliphatic carbocycles. The third kappa shape index (κ3) is 4.19. The van der Waals surface area contributed by atoms with Crippen LogP contribution in [0.3, 0.4) is 0 Å². The van der Waals surface area contributed by atoms with Gasteiger partial charge in [0.2, 0.25) is 0 Å². The van der Waals surface area contributed by atoms with Crippen molar-refractivity contribution in [2.45, 2.75) is 18.1 Å². The highest BCUT2D eigenvalue weighted by molar-refractivity contribution is 8.00. The Kier molecular flexibility index (Phi) is 5.35. The average molecular weight is 357 g/mol. The third-order valence-electron chi connectivity index (χ3n) is 3.60. The Hall–Kier alpha value is -2.80. The number of carbonyl (C=O) groups excluding carboxylic acids is 1. The summed E-state index contributed by atoms with van der Waals surface area (Å²) in [5.41, 5.74) is 1.79. The number of nitrogens with one attached hydrogen (secondary N) is 1. The van der Waals surface area contributed by atoms with Crippen molar-refractivity contribution in [3.63, 3.8) is 0 Å². The van der Waals surface area contributed by atoms with Crippen LogP contribution in [0, 0.1) is 5.82 Å². The summed E-state index contributed by atoms with van der Waals surface area (Å²) >= 11 is 0. The van der Waals surface area contributed by atoms with Gasteiger partial charge >= 0.3 is 5.24 Å². The van der Waals surface area contributed by atoms with E-state index >= 15 is 0 Å². The number of hydrogen-bond donors (Lipinski definition) is 1. The number of amides is 1. The molecule has 0 aliphatic rings. The van der Waals surface area contributed by atoms with Crippen LogP contribution >= 0.6 is 0 Å². The first-order valence-electron chi connectivity index (χ1n) is 7.62. The highest BCUT2D eigenvalue weighted by Gasteiger charge is 2.26. The van der Waals surface area contributed by atoms with Crippen LogP contribution in [-0.4, -0.2) is 24.5 Å². The first-order valence-corrected chi connectivity index (χ1v) is 8.77. The van der Waals surface area contributed by atoms with Crippen molar-refractivity contribution in [2.24, 2.45) is 0 Å². The molecular formula is C18H16FN3O2S. The maximum absolute atomic E-state index is 13.6. The zero-order valence-electron chi connectivity index (χ0n) is 13.3. The molecule has 0 saturated heterocycles. The SMILES string of the molecule is O=C(N(Cc1ccccc1)Cc1ccccc1)S(=O)c1[nH]ncc1F. The van der Waals surface area contributed by atoms with E-state index in [0.717, 1.165) is 17.3 Å². The Balaban J connectivity index is 1.85. The van der Waals surface area contributed by atoms with E-state index in [1.165, 1.54) is 4.90 Å². The lowest BCUT2D eigenvalue weighted by Crippen LogP contribution is -2.32. The Morgan fingerprint density at radius 1 is 1.00 bits per heavy atom. The minimum atomic E-state index is -2.19. The zero-order valence-corrected chi connectivity index (χ0v) is 14.1. The van der Waals surface area contributed by atoms with E-state index in [1.807, 2.05) is 60.7 Å². The fraction of sp³-hybridized carbons (Fsp3) is 0.111. The summed E-state index contributed by atoms with van der Waals surface area (Å²) in [6, 6.07) is 18.7. The molecule has 128 valence electrons. The quantitative estimate of drug-likeness (QED) is 0.760. The largest absolute Gasteiger partial charge is 0.323 e. The summed E-state index contributed by atoms with van der Waals surface area (Å²) < 4.78 is 26.1. The summed E-state index contributed by atoms with van der Waals surface area (Å²) in [7, 11) is -2.19. The van der Waals surface area contributed by atoms with E-state index in [0.29, 0.717) is 0 Å². The molecular weight excluding hydrogens is 341 g/mol. The van der Waals surface area contributed by atoms with Gasteiger partial charge in [-0.1, -0.05) is 60.7 Å². The standard InChI is InChI=1S/C18H16FN3O2S/c19-16-11-20-21-17(16)25(24)18(23)22(12-14-7-3-1-4-8-14)13-15-9-5-2-6-10-15/h1-11H,12-13H2,(H,20,21). The van der Waals surface area contributed by atoms with E-state index < -0.39 is 21.9 Å². The second kappa shape index (κ2) is 7.85. The zero-order chi connectivity index (χ0) is 17.6. The minimum Gasteiger partial charge on any atom is -0.323 e. The monoisotopic (exact) mass is 357 g/mol. The molecule has 0 aliphatic heterocycles. The Labute approximate surface area is 146 Å². The molecule has 0 bridgehead atoms. The van der Waals surface area contributed by atoms with E-state index in [4.69, 9.17) is 0 Å². The topological polar surface area (TPSA) is 66.1 Å². The lowest BCUT2D eigenvalue weighted by atomic mass is 10.2. The highest BCUT2D eigenvalue weighted by atomic mass is 32.2. The van der Waals surface area contributed by atoms with Crippen molar-refractivity contribution in [3.8, 4) is 0 Å². The van der Waals surface area contributed by atoms with Gasteiger partial charge in [0.25, 0.3) is 0 Å². The fourth-order valence-electron chi connectivity index (χ4n) is 2.39. The Bertz CT molecular complexity index is 827. The van der Waals surface area contributed by atoms with Crippen LogP contribution in [0.1, 0.15) is 11.1 Å². The third-order valence-corrected chi connectivity index (χ3v) is 4.83. The minimum absolute atomic E-state index is 0.274. The molecule has 1 N–H and O–H groups in total. The van der Waals surface area contributed by atoms with Crippen LogP contribution in [0.15, 0.2) is 71.9 Å². The molecule has 25 heavy (non-hydrogen) atoms. The van der Waals surface area contributed by atoms with Crippen molar-refractivity contribution in [1.82, 2.24) is 15.1 Å². The molecule has 0 spiro atoms. The molecule has 1 aromatic heterocycles. The Morgan fingerprint density at radius 2 is 1.52 bits per heavy atom. The average Bonchev–Trinajstić information content (AvgIpc) is 3.07. The summed E-state index contributed by atoms with van der Waals surface area (Å²) in [5, 5.41) is 4.81. The van der Waals surface area contributed by atoms with Gasteiger partial charge in [0.05, 0.1) is 6.20 Å². The van der Waals surface area contributed by atoms with Gasteiger partial charge in [-0.25, -0.2) is 8.60 Å². The molecule has 1 heterocycles. The molecule has 0 fully saturated rings. The maximum Gasteiger partial charge on any atom is 0.318 e. The molecule has 1 unspecified atom stereocenters. The predicted octanol–water partition coefficient (Wildman–Crippen LogP) is 3.48. The van der Waals surface area contributed by atoms with Crippen molar-refractivity contribution >= 4 is 16.0 Å². The lowest BCUT2D eigenvalue weighted by molar-refractivity contribution is 0.216. The van der Waals surface area contributed by atoms with Crippen molar-refractivity contribution in [3.05, 3.63) is 83.8 Å². The molecule has 2 aromatic carbocycles. The van der Waals surface area contributed by atoms with Crippen molar-refractivity contribution in [1.29, 1.82) is 0 Å². The number of hydrogen-bond acceptors (Lipinski definition) is 3. The van der Waals surface area contributed by atoms with Gasteiger partial charge in [-0.15, -0.1) is 0 Å². The Morgan fingerprint density at radius 3 is 1.96 bits per heavy atom. The van der Waals surface area contributed by atoms with E-state index in [-0.39, 0.29) is 18.1 Å². The second-order valence-corrected chi connectivity index (χ2v) is 6.70. The fourth-order valence-corrected chi connectivity index (χ4v) is 3.29. The van der Waals surface area contributed by atoms with Crippen LogP contribution in [-0.2, 0) is 23.9 Å². The first kappa shape index (κ1) is 17.0. The number of nitrogens with zero attached hydrogens (tertiary/aromatic N) is 2. The molecule has 0 saturated carbocycles. The molecule has 1 atom stereocenters. The van der Waals surface area contributed by atoms with Crippen LogP contribution in [0.5, 0.6) is 0 Å². The summed E-state index contributed by atoms with van der Waals surface area (Å²) in [4.78, 5) is 14.2. The number of halogens is 1. The van der Waals surface area contributed by atoms with E-state index in [1.54, 1.807) is 0 Å². The van der Waals surface area contributed by atoms with E-state index in [9.17, 15) is 13.4 Å². The molecule has 0 radical (unpaired) electrons. The molecule has 1 amide bonds. The van der Waals surface area contributed by atoms with Crippen molar-refractivity contribution < 1.29 is 13.4 Å². The number of carbonyl (C=O) groups is 1. The van der Waals surface area contributed by atoms with Gasteiger partial charge in [0.1, 0.15) is 0 Å². The maximum atomic E-state index is 13.6. The van der Waals surface area contributed by atoms with Gasteiger partial charge < -0.3 is 4.90 Å². The number of aromatic nitrogens is 2. The summed E-state index contributed by atoms with van der Waals surface area (Å²) in [6.45, 7) is 0.548. The van der Waals surface area contributed by atoms with Crippen LogP contribution in [0.25, 0.3) is 0 Å². The summed E-state index contributed by atoms with van der Waals surface area (Å²) in [5.74, 6) is -0.786. The number of aromatic amines is 1. The number of benzene rings is 2. The van der Waals surface area contributed by atoms with Gasteiger partial charge in [0.15, 0.2) is 21.6 Å². The van der Waals surface area contributed by atoms with Gasteiger partial charge in [-0.2, -0.15) is 5.10 Å². The van der Waals surface area contributed by atoms with Gasteiger partial charge in [-0.3, -0.25) is 9.89 Å². The van der Waals surface area contributed by atoms with Gasteiger partial charge in [-0.05, 0) is 11.1 Å². The lowest BCUT2D eigenvalue weighted by Gasteiger charge is -2.22. The molecule has 5 nitrogen and oxygen atoms in total. The number of H-pyrrole nitrogens is 1. The second-order valence-electron chi connectivity index (χ2n) is 5.41. The smallest absolute Gasteiger partial charge is 0.318 e. The number of rotatable bonds is 5. The van der Waals surface area contributed by atoms with Crippen molar-refractivity contribution in [2.75, 3.05) is 0 Å². The predicted molar refractivity (Wildman–Crippen MR) is 92.5 cm³/mol. The van der Waals surface area contributed by atoms with Gasteiger partial charge in [0, 0.05) is 13.1 Å². The normalized spacial score (nSPS) is 11.9. The van der Waals surface area contributed by atoms with Crippen LogP contribution in [0.2, 0.25) is 0 Å². The van der Waals surface area contributed by atoms with Crippen LogP contribution in [0.4, 0.5) is 9.18 Å². The summed E-state index contributed by atoms with van der Waals surface area (Å²) in [6.07, 6.45) is 0.902. The first-order chi connectivity index (χ1) is 12.1. The molecule has 7 heteroatoms. The molecule has 3 aromatic rings. The highest BCUT2D eigenvalue weighted by Crippen LogP contribution is 2.16. The molecule has 3 rings (SSSR count). The van der Waals surface area contributed by atoms with E-state index in [2.05, 4.69) is 10.2 Å².